The van der Waals surface area contributed by atoms with E-state index in [1.165, 1.54) is 26.4 Å². The summed E-state index contributed by atoms with van der Waals surface area (Å²) < 4.78 is 9.68. The highest BCUT2D eigenvalue weighted by Crippen LogP contribution is 2.03. The van der Waals surface area contributed by atoms with Crippen molar-refractivity contribution in [3.8, 4) is 0 Å². The Hall–Kier alpha value is -2.01. The molecule has 0 spiro atoms. The summed E-state index contributed by atoms with van der Waals surface area (Å²) >= 11 is 0. The van der Waals surface area contributed by atoms with Gasteiger partial charge < -0.3 is 9.47 Å². The molecule has 0 amide bonds. The van der Waals surface area contributed by atoms with Crippen LogP contribution in [-0.2, 0) is 14.3 Å². The summed E-state index contributed by atoms with van der Waals surface area (Å²) in [7, 11) is 2.90. The SMILES string of the molecule is COC1=CC(OC)=NN(N=C=O)N1. The molecule has 70 valence electrons. The molecule has 0 bridgehead atoms. The lowest BCUT2D eigenvalue weighted by Gasteiger charge is -2.19. The van der Waals surface area contributed by atoms with E-state index >= 15 is 0 Å². The van der Waals surface area contributed by atoms with Crippen LogP contribution in [0.15, 0.2) is 22.2 Å². The molecule has 1 rings (SSSR count). The first kappa shape index (κ1) is 9.08. The fourth-order valence-corrected chi connectivity index (χ4v) is 0.681. The number of hydrogen-bond acceptors (Lipinski definition) is 7. The summed E-state index contributed by atoms with van der Waals surface area (Å²) in [6.07, 6.45) is 2.83. The molecule has 0 atom stereocenters. The fourth-order valence-electron chi connectivity index (χ4n) is 0.681. The number of hydrazone groups is 2. The maximum Gasteiger partial charge on any atom is 0.261 e. The van der Waals surface area contributed by atoms with Crippen LogP contribution in [0.25, 0.3) is 0 Å². The third kappa shape index (κ3) is 2.21. The fraction of sp³-hybridized carbons (Fsp3) is 0.333. The van der Waals surface area contributed by atoms with Crippen LogP contribution in [0.3, 0.4) is 0 Å². The van der Waals surface area contributed by atoms with Crippen LogP contribution < -0.4 is 5.43 Å². The number of rotatable bonds is 2. The minimum atomic E-state index is 0.273. The number of nitrogens with one attached hydrogen (secondary N) is 1. The summed E-state index contributed by atoms with van der Waals surface area (Å²) in [6.45, 7) is 0. The van der Waals surface area contributed by atoms with Gasteiger partial charge in [-0.1, -0.05) is 10.3 Å². The van der Waals surface area contributed by atoms with Crippen molar-refractivity contribution < 1.29 is 14.3 Å². The van der Waals surface area contributed by atoms with Gasteiger partial charge in [-0.15, -0.1) is 0 Å². The molecule has 0 aromatic heterocycles. The van der Waals surface area contributed by atoms with Crippen LogP contribution in [0.1, 0.15) is 0 Å². The minimum Gasteiger partial charge on any atom is -0.481 e. The van der Waals surface area contributed by atoms with E-state index in [2.05, 4.69) is 15.6 Å². The Balaban J connectivity index is 2.81. The van der Waals surface area contributed by atoms with Crippen LogP contribution in [0, 0.1) is 0 Å². The maximum atomic E-state index is 9.92. The van der Waals surface area contributed by atoms with Crippen LogP contribution in [-0.4, -0.2) is 31.4 Å². The third-order valence-electron chi connectivity index (χ3n) is 1.22. The second-order valence-electron chi connectivity index (χ2n) is 1.95. The maximum absolute atomic E-state index is 9.92. The van der Waals surface area contributed by atoms with Crippen molar-refractivity contribution in [2.75, 3.05) is 14.2 Å². The molecular formula is C6H8N4O3. The Morgan fingerprint density at radius 3 is 2.92 bits per heavy atom. The average Bonchev–Trinajstić information content (AvgIpc) is 2.17. The summed E-state index contributed by atoms with van der Waals surface area (Å²) in [5.41, 5.74) is 2.54. The Morgan fingerprint density at radius 1 is 1.62 bits per heavy atom. The van der Waals surface area contributed by atoms with E-state index in [1.807, 2.05) is 0 Å². The molecule has 1 N–H and O–H groups in total. The molecule has 0 fully saturated rings. The summed E-state index contributed by atoms with van der Waals surface area (Å²) in [5, 5.41) is 7.82. The van der Waals surface area contributed by atoms with Gasteiger partial charge in [0.05, 0.1) is 20.3 Å². The Kier molecular flexibility index (Phi) is 2.88. The molecule has 0 aliphatic carbocycles. The van der Waals surface area contributed by atoms with Crippen molar-refractivity contribution in [3.05, 3.63) is 12.0 Å². The van der Waals surface area contributed by atoms with Crippen LogP contribution in [0.4, 0.5) is 0 Å². The first-order valence-corrected chi connectivity index (χ1v) is 3.33. The zero-order valence-electron chi connectivity index (χ0n) is 7.14. The number of isocyanates is 1. The van der Waals surface area contributed by atoms with Gasteiger partial charge in [0, 0.05) is 0 Å². The molecule has 7 nitrogen and oxygen atoms in total. The van der Waals surface area contributed by atoms with Gasteiger partial charge in [-0.05, 0) is 5.10 Å². The number of hydrogen-bond donors (Lipinski definition) is 1. The van der Waals surface area contributed by atoms with E-state index in [9.17, 15) is 4.79 Å². The van der Waals surface area contributed by atoms with Gasteiger partial charge in [0.2, 0.25) is 11.8 Å². The van der Waals surface area contributed by atoms with Gasteiger partial charge in [-0.2, -0.15) is 0 Å². The lowest BCUT2D eigenvalue weighted by Crippen LogP contribution is -2.34. The normalized spacial score (nSPS) is 14.8. The number of ether oxygens (including phenoxy) is 2. The first-order valence-electron chi connectivity index (χ1n) is 3.33. The highest BCUT2D eigenvalue weighted by atomic mass is 16.5. The minimum absolute atomic E-state index is 0.273. The molecule has 0 aromatic rings. The monoisotopic (exact) mass is 184 g/mol. The Labute approximate surface area is 74.3 Å². The van der Waals surface area contributed by atoms with Gasteiger partial charge in [0.25, 0.3) is 6.08 Å². The Bertz CT molecular complexity index is 292. The van der Waals surface area contributed by atoms with Crippen molar-refractivity contribution in [2.45, 2.75) is 0 Å². The van der Waals surface area contributed by atoms with Crippen LogP contribution >= 0.6 is 0 Å². The van der Waals surface area contributed by atoms with E-state index in [1.54, 1.807) is 0 Å². The Morgan fingerprint density at radius 2 is 2.38 bits per heavy atom. The highest BCUT2D eigenvalue weighted by Gasteiger charge is 2.12. The molecule has 1 aliphatic rings. The topological polar surface area (TPSA) is 75.5 Å². The quantitative estimate of drug-likeness (QED) is 0.462. The number of nitrogens with zero attached hydrogens (tertiary/aromatic N) is 3. The molecule has 1 aliphatic heterocycles. The largest absolute Gasteiger partial charge is 0.481 e. The van der Waals surface area contributed by atoms with Gasteiger partial charge >= 0.3 is 0 Å². The molecule has 0 aromatic carbocycles. The van der Waals surface area contributed by atoms with Gasteiger partial charge in [-0.3, -0.25) is 0 Å². The number of hydrazine groups is 1. The van der Waals surface area contributed by atoms with Gasteiger partial charge in [-0.25, -0.2) is 10.2 Å². The molecule has 0 saturated heterocycles. The van der Waals surface area contributed by atoms with Gasteiger partial charge in [0.1, 0.15) is 0 Å². The molecule has 13 heavy (non-hydrogen) atoms. The van der Waals surface area contributed by atoms with Crippen molar-refractivity contribution >= 4 is 12.0 Å². The van der Waals surface area contributed by atoms with Crippen LogP contribution in [0.5, 0.6) is 0 Å². The average molecular weight is 184 g/mol. The predicted molar refractivity (Wildman–Crippen MR) is 42.6 cm³/mol. The van der Waals surface area contributed by atoms with E-state index in [0.717, 1.165) is 5.23 Å². The zero-order chi connectivity index (χ0) is 9.68. The van der Waals surface area contributed by atoms with Crippen molar-refractivity contribution in [1.82, 2.24) is 10.7 Å². The van der Waals surface area contributed by atoms with E-state index in [4.69, 9.17) is 9.47 Å². The molecule has 7 heteroatoms. The summed E-state index contributed by atoms with van der Waals surface area (Å²) in [4.78, 5) is 9.92. The lowest BCUT2D eigenvalue weighted by atomic mass is 10.5. The predicted octanol–water partition coefficient (Wildman–Crippen LogP) is -0.495. The molecular weight excluding hydrogens is 176 g/mol. The van der Waals surface area contributed by atoms with E-state index < -0.39 is 0 Å². The second kappa shape index (κ2) is 4.13. The van der Waals surface area contributed by atoms with E-state index in [0.29, 0.717) is 5.88 Å². The smallest absolute Gasteiger partial charge is 0.261 e. The van der Waals surface area contributed by atoms with Crippen molar-refractivity contribution in [1.29, 1.82) is 0 Å². The van der Waals surface area contributed by atoms with Crippen molar-refractivity contribution in [3.63, 3.8) is 0 Å². The zero-order valence-corrected chi connectivity index (χ0v) is 7.14. The van der Waals surface area contributed by atoms with Crippen LogP contribution in [0.2, 0.25) is 0 Å². The van der Waals surface area contributed by atoms with E-state index in [-0.39, 0.29) is 5.90 Å². The van der Waals surface area contributed by atoms with Gasteiger partial charge in [0.15, 0.2) is 0 Å². The third-order valence-corrected chi connectivity index (χ3v) is 1.22. The summed E-state index contributed by atoms with van der Waals surface area (Å²) in [5.74, 6) is 0.639. The lowest BCUT2D eigenvalue weighted by molar-refractivity contribution is 0.137. The first-order chi connectivity index (χ1) is 6.30. The van der Waals surface area contributed by atoms with Crippen molar-refractivity contribution in [2.24, 2.45) is 10.2 Å². The molecule has 0 unspecified atom stereocenters. The summed E-state index contributed by atoms with van der Waals surface area (Å²) in [6, 6.07) is 0. The molecule has 1 heterocycles. The number of methoxy groups -OCH3 is 2. The second-order valence-corrected chi connectivity index (χ2v) is 1.95. The molecule has 0 saturated carbocycles. The molecule has 0 radical (unpaired) electrons. The number of carbonyl (C=O) groups excluding carboxylic acids is 1. The highest BCUT2D eigenvalue weighted by molar-refractivity contribution is 5.88. The standard InChI is InChI=1S/C6H8N4O3/c1-12-5-3-6(13-2)9-10(8-5)7-4-11/h3,8H,1-2H3.